The third-order valence-corrected chi connectivity index (χ3v) is 3.17. The Morgan fingerprint density at radius 3 is 3.00 bits per heavy atom. The molecule has 2 heterocycles. The molecule has 2 aromatic heterocycles. The van der Waals surface area contributed by atoms with E-state index in [1.165, 1.54) is 12.1 Å². The highest BCUT2D eigenvalue weighted by Crippen LogP contribution is 2.27. The van der Waals surface area contributed by atoms with Gasteiger partial charge in [-0.1, -0.05) is 11.6 Å². The van der Waals surface area contributed by atoms with Crippen LogP contribution < -0.4 is 4.74 Å². The Hall–Kier alpha value is -2.65. The Kier molecular flexibility index (Phi) is 3.42. The summed E-state index contributed by atoms with van der Waals surface area (Å²) in [5, 5.41) is 8.72. The van der Waals surface area contributed by atoms with Gasteiger partial charge in [0.15, 0.2) is 29.0 Å². The molecule has 0 atom stereocenters. The second kappa shape index (κ2) is 5.38. The predicted molar refractivity (Wildman–Crippen MR) is 74.5 cm³/mol. The summed E-state index contributed by atoms with van der Waals surface area (Å²) in [6.07, 6.45) is 4.83. The van der Waals surface area contributed by atoms with Gasteiger partial charge in [0.05, 0.1) is 11.9 Å². The van der Waals surface area contributed by atoms with Crippen LogP contribution in [0.1, 0.15) is 0 Å². The summed E-state index contributed by atoms with van der Waals surface area (Å²) in [6, 6.07) is 6.28. The first-order valence-corrected chi connectivity index (χ1v) is 6.35. The van der Waals surface area contributed by atoms with E-state index < -0.39 is 5.82 Å². The minimum Gasteiger partial charge on any atom is -0.476 e. The quantitative estimate of drug-likeness (QED) is 0.746. The molecule has 0 spiro atoms. The molecule has 0 aliphatic carbocycles. The molecule has 0 aliphatic rings. The van der Waals surface area contributed by atoms with Crippen molar-refractivity contribution in [3.8, 4) is 23.1 Å². The van der Waals surface area contributed by atoms with Gasteiger partial charge in [-0.2, -0.15) is 5.26 Å². The van der Waals surface area contributed by atoms with Crippen LogP contribution in [0.25, 0.3) is 16.9 Å². The van der Waals surface area contributed by atoms with E-state index in [-0.39, 0.29) is 17.5 Å². The molecule has 3 rings (SSSR count). The Labute approximate surface area is 124 Å². The van der Waals surface area contributed by atoms with Gasteiger partial charge in [0, 0.05) is 18.0 Å². The van der Waals surface area contributed by atoms with Crippen molar-refractivity contribution >= 4 is 17.2 Å². The number of hydrogen-bond acceptors (Lipinski definition) is 4. The number of ether oxygens (including phenoxy) is 1. The summed E-state index contributed by atoms with van der Waals surface area (Å²) in [4.78, 5) is 8.11. The van der Waals surface area contributed by atoms with Crippen molar-refractivity contribution in [1.29, 1.82) is 5.26 Å². The highest BCUT2D eigenvalue weighted by atomic mass is 35.5. The van der Waals surface area contributed by atoms with Crippen LogP contribution in [0.4, 0.5) is 4.39 Å². The number of halogens is 2. The monoisotopic (exact) mass is 302 g/mol. The molecular formula is C14H8ClFN4O. The van der Waals surface area contributed by atoms with Crippen molar-refractivity contribution < 1.29 is 9.13 Å². The largest absolute Gasteiger partial charge is 0.476 e. The third kappa shape index (κ3) is 2.39. The van der Waals surface area contributed by atoms with E-state index in [1.54, 1.807) is 35.1 Å². The van der Waals surface area contributed by atoms with Gasteiger partial charge in [-0.25, -0.2) is 14.4 Å². The van der Waals surface area contributed by atoms with Crippen LogP contribution in [0.5, 0.6) is 5.75 Å². The minimum absolute atomic E-state index is 0.0359. The van der Waals surface area contributed by atoms with Gasteiger partial charge in [-0.05, 0) is 18.2 Å². The average molecular weight is 303 g/mol. The molecule has 0 fully saturated rings. The normalized spacial score (nSPS) is 10.5. The molecule has 0 bridgehead atoms. The van der Waals surface area contributed by atoms with Crippen LogP contribution in [-0.2, 0) is 0 Å². The van der Waals surface area contributed by atoms with Gasteiger partial charge < -0.3 is 4.74 Å². The zero-order valence-corrected chi connectivity index (χ0v) is 11.4. The van der Waals surface area contributed by atoms with E-state index in [2.05, 4.69) is 9.97 Å². The molecule has 0 saturated heterocycles. The number of hydrogen-bond donors (Lipinski definition) is 0. The van der Waals surface area contributed by atoms with Crippen LogP contribution in [0.3, 0.4) is 0 Å². The SMILES string of the molecule is N#CCOc1ccc(-c2cnc3c(Cl)nccn23)cc1F. The zero-order chi connectivity index (χ0) is 14.8. The van der Waals surface area contributed by atoms with Gasteiger partial charge in [0.25, 0.3) is 0 Å². The second-order valence-electron chi connectivity index (χ2n) is 4.15. The van der Waals surface area contributed by atoms with Crippen molar-refractivity contribution in [3.63, 3.8) is 0 Å². The fourth-order valence-corrected chi connectivity index (χ4v) is 2.18. The minimum atomic E-state index is -0.544. The summed E-state index contributed by atoms with van der Waals surface area (Å²) < 4.78 is 20.6. The molecule has 7 heteroatoms. The van der Waals surface area contributed by atoms with Crippen LogP contribution in [-0.4, -0.2) is 21.0 Å². The number of rotatable bonds is 3. The van der Waals surface area contributed by atoms with E-state index in [0.717, 1.165) is 0 Å². The topological polar surface area (TPSA) is 63.2 Å². The summed E-state index contributed by atoms with van der Waals surface area (Å²) >= 11 is 5.95. The molecule has 0 N–H and O–H groups in total. The lowest BCUT2D eigenvalue weighted by Gasteiger charge is -2.06. The van der Waals surface area contributed by atoms with Crippen molar-refractivity contribution in [3.05, 3.63) is 47.8 Å². The smallest absolute Gasteiger partial charge is 0.175 e. The highest BCUT2D eigenvalue weighted by Gasteiger charge is 2.11. The fraction of sp³-hybridized carbons (Fsp3) is 0.0714. The summed E-state index contributed by atoms with van der Waals surface area (Å²) in [7, 11) is 0. The lowest BCUT2D eigenvalue weighted by atomic mass is 10.1. The van der Waals surface area contributed by atoms with Crippen LogP contribution >= 0.6 is 11.6 Å². The van der Waals surface area contributed by atoms with Gasteiger partial charge in [-0.15, -0.1) is 0 Å². The lowest BCUT2D eigenvalue weighted by molar-refractivity contribution is 0.346. The Balaban J connectivity index is 2.05. The average Bonchev–Trinajstić information content (AvgIpc) is 2.91. The Morgan fingerprint density at radius 2 is 2.24 bits per heavy atom. The van der Waals surface area contributed by atoms with Crippen molar-refractivity contribution in [1.82, 2.24) is 14.4 Å². The lowest BCUT2D eigenvalue weighted by Crippen LogP contribution is -1.97. The van der Waals surface area contributed by atoms with Gasteiger partial charge in [0.2, 0.25) is 0 Å². The maximum Gasteiger partial charge on any atom is 0.175 e. The second-order valence-corrected chi connectivity index (χ2v) is 4.51. The maximum atomic E-state index is 13.9. The van der Waals surface area contributed by atoms with Crippen LogP contribution in [0.15, 0.2) is 36.8 Å². The fourth-order valence-electron chi connectivity index (χ4n) is 1.99. The zero-order valence-electron chi connectivity index (χ0n) is 10.6. The van der Waals surface area contributed by atoms with E-state index >= 15 is 0 Å². The number of imidazole rings is 1. The number of aromatic nitrogens is 3. The first-order chi connectivity index (χ1) is 10.2. The maximum absolute atomic E-state index is 13.9. The Bertz CT molecular complexity index is 856. The number of fused-ring (bicyclic) bond motifs is 1. The third-order valence-electron chi connectivity index (χ3n) is 2.90. The van der Waals surface area contributed by atoms with Crippen molar-refractivity contribution in [2.75, 3.05) is 6.61 Å². The standard InChI is InChI=1S/C14H8ClFN4O/c15-13-14-19-8-11(20(14)5-4-18-13)9-1-2-12(10(16)7-9)21-6-3-17/h1-2,4-5,7-8H,6H2. The summed E-state index contributed by atoms with van der Waals surface area (Å²) in [5.41, 5.74) is 1.80. The van der Waals surface area contributed by atoms with E-state index in [1.807, 2.05) is 0 Å². The first-order valence-electron chi connectivity index (χ1n) is 5.98. The number of nitrogens with zero attached hydrogens (tertiary/aromatic N) is 4. The van der Waals surface area contributed by atoms with E-state index in [0.29, 0.717) is 16.9 Å². The molecule has 104 valence electrons. The summed E-state index contributed by atoms with van der Waals surface area (Å²) in [5.74, 6) is -0.508. The molecule has 1 aromatic carbocycles. The molecular weight excluding hydrogens is 295 g/mol. The first kappa shape index (κ1) is 13.3. The molecule has 0 aliphatic heterocycles. The van der Waals surface area contributed by atoms with Crippen molar-refractivity contribution in [2.24, 2.45) is 0 Å². The number of benzene rings is 1. The molecule has 0 saturated carbocycles. The molecule has 0 unspecified atom stereocenters. The van der Waals surface area contributed by atoms with Gasteiger partial charge >= 0.3 is 0 Å². The van der Waals surface area contributed by atoms with Crippen LogP contribution in [0, 0.1) is 17.1 Å². The predicted octanol–water partition coefficient (Wildman–Crippen LogP) is 3.09. The Morgan fingerprint density at radius 1 is 1.38 bits per heavy atom. The molecule has 3 aromatic rings. The summed E-state index contributed by atoms with van der Waals surface area (Å²) in [6.45, 7) is -0.201. The van der Waals surface area contributed by atoms with E-state index in [9.17, 15) is 4.39 Å². The van der Waals surface area contributed by atoms with Crippen LogP contribution in [0.2, 0.25) is 5.15 Å². The van der Waals surface area contributed by atoms with Crippen molar-refractivity contribution in [2.45, 2.75) is 0 Å². The van der Waals surface area contributed by atoms with Gasteiger partial charge in [0.1, 0.15) is 6.07 Å². The van der Waals surface area contributed by atoms with E-state index in [4.69, 9.17) is 21.6 Å². The number of nitriles is 1. The molecule has 0 amide bonds. The molecule has 21 heavy (non-hydrogen) atoms. The molecule has 5 nitrogen and oxygen atoms in total. The molecule has 0 radical (unpaired) electrons. The highest BCUT2D eigenvalue weighted by molar-refractivity contribution is 6.32. The van der Waals surface area contributed by atoms with Gasteiger partial charge in [-0.3, -0.25) is 4.40 Å².